The van der Waals surface area contributed by atoms with Crippen LogP contribution in [-0.4, -0.2) is 65.4 Å². The van der Waals surface area contributed by atoms with Crippen molar-refractivity contribution in [3.63, 3.8) is 0 Å². The predicted molar refractivity (Wildman–Crippen MR) is 96.8 cm³/mol. The number of aliphatic hydroxyl groups is 1. The van der Waals surface area contributed by atoms with E-state index in [-0.39, 0.29) is 24.7 Å². The van der Waals surface area contributed by atoms with Crippen molar-refractivity contribution in [2.45, 2.75) is 44.2 Å². The van der Waals surface area contributed by atoms with Gasteiger partial charge >= 0.3 is 6.03 Å². The minimum atomic E-state index is -0.883. The number of ether oxygens (including phenoxy) is 1. The first kappa shape index (κ1) is 18.7. The van der Waals surface area contributed by atoms with Crippen LogP contribution in [0.3, 0.4) is 0 Å². The Morgan fingerprint density at radius 3 is 2.50 bits per heavy atom. The Kier molecular flexibility index (Phi) is 5.48. The van der Waals surface area contributed by atoms with Crippen molar-refractivity contribution in [3.8, 4) is 5.75 Å². The number of likely N-dealkylation sites (tertiary alicyclic amines) is 1. The van der Waals surface area contributed by atoms with Gasteiger partial charge in [-0.1, -0.05) is 12.1 Å². The molecule has 2 heterocycles. The number of rotatable bonds is 6. The van der Waals surface area contributed by atoms with Gasteiger partial charge in [0.2, 0.25) is 0 Å². The van der Waals surface area contributed by atoms with Gasteiger partial charge in [-0.3, -0.25) is 9.69 Å². The lowest BCUT2D eigenvalue weighted by Gasteiger charge is -2.32. The molecule has 0 bridgehead atoms. The van der Waals surface area contributed by atoms with E-state index in [0.29, 0.717) is 38.8 Å². The third kappa shape index (κ3) is 3.99. The average Bonchev–Trinajstić information content (AvgIpc) is 2.86. The zero-order valence-electron chi connectivity index (χ0n) is 15.4. The standard InChI is InChI=1S/C19H27N3O4/c1-19(10-7-14-3-5-16(26-2)6-4-14)17(24)22(18(25)20-19)13-21-11-8-15(23)9-12-21/h3-6,15,23H,7-13H2,1-2H3,(H,20,25)/t19-/m0/s1. The van der Waals surface area contributed by atoms with Gasteiger partial charge in [-0.25, -0.2) is 9.69 Å². The van der Waals surface area contributed by atoms with Gasteiger partial charge < -0.3 is 15.2 Å². The highest BCUT2D eigenvalue weighted by Gasteiger charge is 2.47. The minimum absolute atomic E-state index is 0.179. The minimum Gasteiger partial charge on any atom is -0.497 e. The Morgan fingerprint density at radius 1 is 1.23 bits per heavy atom. The van der Waals surface area contributed by atoms with Crippen LogP contribution in [0.5, 0.6) is 5.75 Å². The summed E-state index contributed by atoms with van der Waals surface area (Å²) in [5, 5.41) is 12.4. The van der Waals surface area contributed by atoms with E-state index < -0.39 is 5.54 Å². The maximum absolute atomic E-state index is 12.8. The van der Waals surface area contributed by atoms with Gasteiger partial charge in [0.1, 0.15) is 11.3 Å². The van der Waals surface area contributed by atoms with E-state index in [0.717, 1.165) is 11.3 Å². The average molecular weight is 361 g/mol. The van der Waals surface area contributed by atoms with Crippen LogP contribution in [0, 0.1) is 0 Å². The topological polar surface area (TPSA) is 82.1 Å². The number of hydrogen-bond acceptors (Lipinski definition) is 5. The van der Waals surface area contributed by atoms with Crippen LogP contribution in [0.4, 0.5) is 4.79 Å². The molecule has 0 aromatic heterocycles. The second kappa shape index (κ2) is 7.63. The predicted octanol–water partition coefficient (Wildman–Crippen LogP) is 1.35. The Morgan fingerprint density at radius 2 is 1.88 bits per heavy atom. The fraction of sp³-hybridized carbons (Fsp3) is 0.579. The first-order chi connectivity index (χ1) is 12.4. The number of carbonyl (C=O) groups excluding carboxylic acids is 2. The van der Waals surface area contributed by atoms with Crippen LogP contribution in [0.15, 0.2) is 24.3 Å². The largest absolute Gasteiger partial charge is 0.497 e. The summed E-state index contributed by atoms with van der Waals surface area (Å²) >= 11 is 0. The zero-order chi connectivity index (χ0) is 18.7. The molecule has 3 rings (SSSR count). The molecule has 7 heteroatoms. The van der Waals surface area contributed by atoms with Crippen molar-refractivity contribution < 1.29 is 19.4 Å². The molecule has 0 unspecified atom stereocenters. The molecule has 142 valence electrons. The van der Waals surface area contributed by atoms with Gasteiger partial charge in [0.05, 0.1) is 19.9 Å². The molecule has 1 aromatic rings. The zero-order valence-corrected chi connectivity index (χ0v) is 15.4. The molecule has 2 N–H and O–H groups in total. The van der Waals surface area contributed by atoms with Crippen LogP contribution in [0.2, 0.25) is 0 Å². The fourth-order valence-corrected chi connectivity index (χ4v) is 3.49. The number of aryl methyl sites for hydroxylation is 1. The Labute approximate surface area is 153 Å². The molecular weight excluding hydrogens is 334 g/mol. The van der Waals surface area contributed by atoms with E-state index in [9.17, 15) is 14.7 Å². The molecule has 2 fully saturated rings. The van der Waals surface area contributed by atoms with Gasteiger partial charge in [-0.05, 0) is 50.3 Å². The van der Waals surface area contributed by atoms with E-state index in [4.69, 9.17) is 4.74 Å². The second-order valence-corrected chi connectivity index (χ2v) is 7.33. The van der Waals surface area contributed by atoms with Gasteiger partial charge in [-0.2, -0.15) is 0 Å². The number of benzene rings is 1. The lowest BCUT2D eigenvalue weighted by Crippen LogP contribution is -2.47. The SMILES string of the molecule is COc1ccc(CC[C@]2(C)NC(=O)N(CN3CCC(O)CC3)C2=O)cc1. The summed E-state index contributed by atoms with van der Waals surface area (Å²) in [5.41, 5.74) is 0.212. The Hall–Kier alpha value is -2.12. The molecular formula is C19H27N3O4. The van der Waals surface area contributed by atoms with E-state index in [1.165, 1.54) is 4.90 Å². The molecule has 1 atom stereocenters. The Bertz CT molecular complexity index is 655. The molecule has 0 aliphatic carbocycles. The monoisotopic (exact) mass is 361 g/mol. The summed E-state index contributed by atoms with van der Waals surface area (Å²) in [5.74, 6) is 0.616. The number of methoxy groups -OCH3 is 1. The lowest BCUT2D eigenvalue weighted by molar-refractivity contribution is -0.132. The third-order valence-electron chi connectivity index (χ3n) is 5.32. The van der Waals surface area contributed by atoms with E-state index in [1.54, 1.807) is 14.0 Å². The van der Waals surface area contributed by atoms with Gasteiger partial charge in [-0.15, -0.1) is 0 Å². The summed E-state index contributed by atoms with van der Waals surface area (Å²) in [4.78, 5) is 28.5. The van der Waals surface area contributed by atoms with Crippen LogP contribution >= 0.6 is 0 Å². The molecule has 2 saturated heterocycles. The fourth-order valence-electron chi connectivity index (χ4n) is 3.49. The molecule has 0 spiro atoms. The molecule has 2 aliphatic rings. The summed E-state index contributed by atoms with van der Waals surface area (Å²) in [6.45, 7) is 3.47. The molecule has 3 amide bonds. The van der Waals surface area contributed by atoms with E-state index in [2.05, 4.69) is 5.32 Å². The van der Waals surface area contributed by atoms with Crippen molar-refractivity contribution in [1.29, 1.82) is 0 Å². The normalized spacial score (nSPS) is 24.8. The number of imide groups is 1. The first-order valence-electron chi connectivity index (χ1n) is 9.09. The number of piperidine rings is 1. The number of nitrogens with one attached hydrogen (secondary N) is 1. The number of nitrogens with zero attached hydrogens (tertiary/aromatic N) is 2. The van der Waals surface area contributed by atoms with Crippen LogP contribution < -0.4 is 10.1 Å². The molecule has 1 aromatic carbocycles. The maximum atomic E-state index is 12.8. The quantitative estimate of drug-likeness (QED) is 0.748. The van der Waals surface area contributed by atoms with Gasteiger partial charge in [0.25, 0.3) is 5.91 Å². The van der Waals surface area contributed by atoms with Crippen molar-refractivity contribution in [1.82, 2.24) is 15.1 Å². The highest BCUT2D eigenvalue weighted by Crippen LogP contribution is 2.25. The lowest BCUT2D eigenvalue weighted by atomic mass is 9.93. The summed E-state index contributed by atoms with van der Waals surface area (Å²) in [7, 11) is 1.63. The molecule has 26 heavy (non-hydrogen) atoms. The van der Waals surface area contributed by atoms with Crippen LogP contribution in [0.1, 0.15) is 31.7 Å². The van der Waals surface area contributed by atoms with Crippen molar-refractivity contribution in [3.05, 3.63) is 29.8 Å². The number of hydrogen-bond donors (Lipinski definition) is 2. The second-order valence-electron chi connectivity index (χ2n) is 7.33. The summed E-state index contributed by atoms with van der Waals surface area (Å²) in [6, 6.07) is 7.40. The number of carbonyl (C=O) groups is 2. The molecule has 2 aliphatic heterocycles. The molecule has 0 radical (unpaired) electrons. The van der Waals surface area contributed by atoms with Crippen molar-refractivity contribution >= 4 is 11.9 Å². The number of amides is 3. The highest BCUT2D eigenvalue weighted by molar-refractivity contribution is 6.06. The van der Waals surface area contributed by atoms with E-state index in [1.807, 2.05) is 29.2 Å². The van der Waals surface area contributed by atoms with Gasteiger partial charge in [0.15, 0.2) is 0 Å². The molecule has 7 nitrogen and oxygen atoms in total. The van der Waals surface area contributed by atoms with Crippen LogP contribution in [0.25, 0.3) is 0 Å². The third-order valence-corrected chi connectivity index (χ3v) is 5.32. The number of urea groups is 1. The van der Waals surface area contributed by atoms with Crippen LogP contribution in [-0.2, 0) is 11.2 Å². The maximum Gasteiger partial charge on any atom is 0.326 e. The van der Waals surface area contributed by atoms with Crippen molar-refractivity contribution in [2.24, 2.45) is 0 Å². The van der Waals surface area contributed by atoms with E-state index >= 15 is 0 Å². The number of aliphatic hydroxyl groups excluding tert-OH is 1. The molecule has 0 saturated carbocycles. The summed E-state index contributed by atoms with van der Waals surface area (Å²) in [6.07, 6.45) is 2.32. The van der Waals surface area contributed by atoms with Gasteiger partial charge in [0, 0.05) is 13.1 Å². The summed E-state index contributed by atoms with van der Waals surface area (Å²) < 4.78 is 5.15. The Balaban J connectivity index is 1.59. The smallest absolute Gasteiger partial charge is 0.326 e. The van der Waals surface area contributed by atoms with Crippen molar-refractivity contribution in [2.75, 3.05) is 26.9 Å². The highest BCUT2D eigenvalue weighted by atomic mass is 16.5. The first-order valence-corrected chi connectivity index (χ1v) is 9.09.